The van der Waals surface area contributed by atoms with E-state index in [-0.39, 0.29) is 41.0 Å². The number of piperazine rings is 1. The minimum Gasteiger partial charge on any atom is -0.462 e. The SMILES string of the molecule is C[C@H]1CCC[C@]2(C)C[C@H]3OC(=O)[C@H](CN4CCN(c5cccc(Cl)c5)CC4)[C@H]3[C@@H]3O[C@@]132. The third-order valence-corrected chi connectivity index (χ3v) is 9.43. The summed E-state index contributed by atoms with van der Waals surface area (Å²) in [6, 6.07) is 8.07. The Morgan fingerprint density at radius 1 is 1.23 bits per heavy atom. The summed E-state index contributed by atoms with van der Waals surface area (Å²) in [5, 5.41) is 0.777. The van der Waals surface area contributed by atoms with Gasteiger partial charge in [0, 0.05) is 54.8 Å². The number of rotatable bonds is 3. The van der Waals surface area contributed by atoms with E-state index >= 15 is 0 Å². The van der Waals surface area contributed by atoms with Crippen LogP contribution in [0.15, 0.2) is 24.3 Å². The van der Waals surface area contributed by atoms with Crippen LogP contribution in [0.3, 0.4) is 0 Å². The Labute approximate surface area is 190 Å². The van der Waals surface area contributed by atoms with E-state index < -0.39 is 0 Å². The van der Waals surface area contributed by atoms with Crippen LogP contribution in [0, 0.1) is 23.2 Å². The standard InChI is InChI=1S/C25H33ClN2O3/c1-16-5-4-8-24(2)14-20-21(22-25(16,24)31-22)19(23(29)30-20)15-27-9-11-28(12-10-27)18-7-3-6-17(26)13-18/h3,6-7,13,16,19-22H,4-5,8-12,14-15H2,1-2H3/t16-,19+,20+,21+,22-,24+,25-/m0/s1. The van der Waals surface area contributed by atoms with Crippen molar-refractivity contribution >= 4 is 23.3 Å². The van der Waals surface area contributed by atoms with Crippen LogP contribution in [-0.4, -0.2) is 61.4 Å². The van der Waals surface area contributed by atoms with Gasteiger partial charge in [0.25, 0.3) is 0 Å². The van der Waals surface area contributed by atoms with Crippen molar-refractivity contribution in [2.24, 2.45) is 23.2 Å². The Morgan fingerprint density at radius 2 is 2.03 bits per heavy atom. The molecule has 5 fully saturated rings. The third-order valence-electron chi connectivity index (χ3n) is 9.19. The molecule has 0 radical (unpaired) electrons. The fraction of sp³-hybridized carbons (Fsp3) is 0.720. The number of hydrogen-bond donors (Lipinski definition) is 0. The Kier molecular flexibility index (Phi) is 4.65. The molecule has 0 amide bonds. The maximum atomic E-state index is 13.0. The van der Waals surface area contributed by atoms with Crippen LogP contribution in [0.25, 0.3) is 0 Å². The van der Waals surface area contributed by atoms with Crippen LogP contribution in [-0.2, 0) is 14.3 Å². The zero-order valence-corrected chi connectivity index (χ0v) is 19.3. The number of halogens is 1. The molecule has 5 nitrogen and oxygen atoms in total. The molecule has 6 rings (SSSR count). The van der Waals surface area contributed by atoms with Gasteiger partial charge in [-0.3, -0.25) is 9.69 Å². The minimum atomic E-state index is -0.0502. The monoisotopic (exact) mass is 444 g/mol. The summed E-state index contributed by atoms with van der Waals surface area (Å²) >= 11 is 6.17. The lowest BCUT2D eigenvalue weighted by Gasteiger charge is -2.49. The van der Waals surface area contributed by atoms with Gasteiger partial charge in [-0.2, -0.15) is 0 Å². The molecule has 0 unspecified atom stereocenters. The molecule has 31 heavy (non-hydrogen) atoms. The molecule has 3 heterocycles. The van der Waals surface area contributed by atoms with Gasteiger partial charge in [0.15, 0.2) is 0 Å². The topological polar surface area (TPSA) is 45.3 Å². The molecule has 0 N–H and O–H groups in total. The molecule has 3 aliphatic heterocycles. The van der Waals surface area contributed by atoms with Gasteiger partial charge in [-0.05, 0) is 43.4 Å². The molecule has 6 heteroatoms. The Bertz CT molecular complexity index is 887. The number of nitrogens with zero attached hydrogens (tertiary/aromatic N) is 2. The molecule has 2 aliphatic carbocycles. The van der Waals surface area contributed by atoms with Crippen molar-refractivity contribution in [3.8, 4) is 0 Å². The predicted molar refractivity (Wildman–Crippen MR) is 120 cm³/mol. The lowest BCUT2D eigenvalue weighted by Crippen LogP contribution is -2.55. The van der Waals surface area contributed by atoms with E-state index in [0.717, 1.165) is 44.2 Å². The number of carbonyl (C=O) groups is 1. The summed E-state index contributed by atoms with van der Waals surface area (Å²) in [5.41, 5.74) is 1.33. The van der Waals surface area contributed by atoms with E-state index in [9.17, 15) is 4.79 Å². The summed E-state index contributed by atoms with van der Waals surface area (Å²) in [5.74, 6) is 0.764. The molecule has 168 valence electrons. The van der Waals surface area contributed by atoms with Gasteiger partial charge in [-0.15, -0.1) is 0 Å². The average Bonchev–Trinajstić information content (AvgIpc) is 3.43. The first-order valence-corrected chi connectivity index (χ1v) is 12.4. The average molecular weight is 445 g/mol. The number of carbonyl (C=O) groups excluding carboxylic acids is 1. The maximum absolute atomic E-state index is 13.0. The van der Waals surface area contributed by atoms with Gasteiger partial charge in [0.1, 0.15) is 11.7 Å². The van der Waals surface area contributed by atoms with Crippen molar-refractivity contribution in [3.63, 3.8) is 0 Å². The first-order chi connectivity index (χ1) is 14.9. The lowest BCUT2D eigenvalue weighted by atomic mass is 9.53. The van der Waals surface area contributed by atoms with Crippen LogP contribution in [0.2, 0.25) is 5.02 Å². The number of epoxide rings is 1. The zero-order chi connectivity index (χ0) is 21.4. The minimum absolute atomic E-state index is 0.00724. The lowest BCUT2D eigenvalue weighted by molar-refractivity contribution is -0.146. The Morgan fingerprint density at radius 3 is 2.81 bits per heavy atom. The van der Waals surface area contributed by atoms with Crippen LogP contribution in [0.5, 0.6) is 0 Å². The van der Waals surface area contributed by atoms with Crippen molar-refractivity contribution in [1.82, 2.24) is 4.90 Å². The quantitative estimate of drug-likeness (QED) is 0.521. The highest BCUT2D eigenvalue weighted by molar-refractivity contribution is 6.30. The van der Waals surface area contributed by atoms with Crippen molar-refractivity contribution < 1.29 is 14.3 Å². The highest BCUT2D eigenvalue weighted by Gasteiger charge is 2.78. The largest absolute Gasteiger partial charge is 0.462 e. The smallest absolute Gasteiger partial charge is 0.311 e. The van der Waals surface area contributed by atoms with E-state index in [1.165, 1.54) is 24.9 Å². The molecule has 0 bridgehead atoms. The second-order valence-electron chi connectivity index (χ2n) is 10.8. The molecule has 5 aliphatic rings. The molecule has 1 aromatic rings. The molecule has 1 aromatic carbocycles. The predicted octanol–water partition coefficient (Wildman–Crippen LogP) is 3.99. The fourth-order valence-electron chi connectivity index (χ4n) is 7.58. The summed E-state index contributed by atoms with van der Waals surface area (Å²) < 4.78 is 12.6. The van der Waals surface area contributed by atoms with E-state index in [2.05, 4.69) is 29.7 Å². The van der Waals surface area contributed by atoms with Gasteiger partial charge in [-0.25, -0.2) is 0 Å². The second kappa shape index (κ2) is 7.10. The number of fused-ring (bicyclic) bond motifs is 2. The van der Waals surface area contributed by atoms with E-state index in [0.29, 0.717) is 5.92 Å². The van der Waals surface area contributed by atoms with Gasteiger partial charge < -0.3 is 14.4 Å². The fourth-order valence-corrected chi connectivity index (χ4v) is 7.77. The number of esters is 1. The van der Waals surface area contributed by atoms with Gasteiger partial charge in [-0.1, -0.05) is 37.9 Å². The van der Waals surface area contributed by atoms with E-state index in [1.54, 1.807) is 0 Å². The Balaban J connectivity index is 1.14. The molecular weight excluding hydrogens is 412 g/mol. The van der Waals surface area contributed by atoms with Crippen LogP contribution >= 0.6 is 11.6 Å². The Hall–Kier alpha value is -1.30. The molecule has 7 atom stereocenters. The zero-order valence-electron chi connectivity index (χ0n) is 18.6. The summed E-state index contributed by atoms with van der Waals surface area (Å²) in [4.78, 5) is 17.8. The second-order valence-corrected chi connectivity index (χ2v) is 11.3. The van der Waals surface area contributed by atoms with Crippen molar-refractivity contribution in [1.29, 1.82) is 0 Å². The summed E-state index contributed by atoms with van der Waals surface area (Å²) in [6.45, 7) is 9.36. The van der Waals surface area contributed by atoms with Gasteiger partial charge >= 0.3 is 5.97 Å². The van der Waals surface area contributed by atoms with Gasteiger partial charge in [0.2, 0.25) is 0 Å². The van der Waals surface area contributed by atoms with Crippen molar-refractivity contribution in [3.05, 3.63) is 29.3 Å². The normalized spacial score (nSPS) is 44.3. The highest BCUT2D eigenvalue weighted by atomic mass is 35.5. The summed E-state index contributed by atoms with van der Waals surface area (Å²) in [6.07, 6.45) is 4.93. The van der Waals surface area contributed by atoms with Crippen LogP contribution in [0.1, 0.15) is 39.5 Å². The summed E-state index contributed by atoms with van der Waals surface area (Å²) in [7, 11) is 0. The highest BCUT2D eigenvalue weighted by Crippen LogP contribution is 2.70. The van der Waals surface area contributed by atoms with Crippen LogP contribution in [0.4, 0.5) is 5.69 Å². The first kappa shape index (κ1) is 20.3. The third kappa shape index (κ3) is 2.99. The van der Waals surface area contributed by atoms with Crippen LogP contribution < -0.4 is 4.90 Å². The number of hydrogen-bond acceptors (Lipinski definition) is 5. The molecule has 2 saturated carbocycles. The molecular formula is C25H33ClN2O3. The van der Waals surface area contributed by atoms with Gasteiger partial charge in [0.05, 0.1) is 12.0 Å². The van der Waals surface area contributed by atoms with E-state index in [1.807, 2.05) is 18.2 Å². The molecule has 3 saturated heterocycles. The van der Waals surface area contributed by atoms with Crippen molar-refractivity contribution in [2.75, 3.05) is 37.6 Å². The maximum Gasteiger partial charge on any atom is 0.311 e. The number of benzene rings is 1. The van der Waals surface area contributed by atoms with E-state index in [4.69, 9.17) is 21.1 Å². The molecule has 0 aromatic heterocycles. The molecule has 1 spiro atoms. The number of ether oxygens (including phenoxy) is 2. The number of anilines is 1. The van der Waals surface area contributed by atoms with Crippen molar-refractivity contribution in [2.45, 2.75) is 57.3 Å². The first-order valence-electron chi connectivity index (χ1n) is 12.0.